The smallest absolute Gasteiger partial charge is 0.106 e. The highest BCUT2D eigenvalue weighted by atomic mass is 32.1. The van der Waals surface area contributed by atoms with Crippen molar-refractivity contribution in [2.45, 2.75) is 12.8 Å². The summed E-state index contributed by atoms with van der Waals surface area (Å²) in [6, 6.07) is 20.6. The number of hydrogen-bond acceptors (Lipinski definition) is 1. The summed E-state index contributed by atoms with van der Waals surface area (Å²) in [6.45, 7) is 0.919. The number of thiocarbonyl (C=S) groups is 1. The first-order valence-electron chi connectivity index (χ1n) is 6.23. The molecule has 0 bridgehead atoms. The molecule has 0 heterocycles. The quantitative estimate of drug-likeness (QED) is 0.647. The zero-order valence-electron chi connectivity index (χ0n) is 10.3. The van der Waals surface area contributed by atoms with Crippen molar-refractivity contribution in [2.24, 2.45) is 0 Å². The van der Waals surface area contributed by atoms with E-state index in [-0.39, 0.29) is 0 Å². The molecular formula is C16H17NS. The van der Waals surface area contributed by atoms with Crippen molar-refractivity contribution in [2.75, 3.05) is 6.54 Å². The van der Waals surface area contributed by atoms with Crippen LogP contribution in [0.1, 0.15) is 17.5 Å². The predicted molar refractivity (Wildman–Crippen MR) is 80.9 cm³/mol. The molecule has 0 aliphatic heterocycles. The molecule has 0 unspecified atom stereocenters. The Kier molecular flexibility index (Phi) is 4.91. The molecule has 92 valence electrons. The standard InChI is InChI=1S/C16H17NS/c18-16(15-11-5-2-6-12-15)17-13-7-10-14-8-3-1-4-9-14/h1-6,8-9,11-12H,7,10,13H2,(H,17,18). The SMILES string of the molecule is S=C(NCCCc1ccccc1)c1ccccc1. The number of nitrogens with one attached hydrogen (secondary N) is 1. The lowest BCUT2D eigenvalue weighted by molar-refractivity contribution is 0.778. The van der Waals surface area contributed by atoms with E-state index in [9.17, 15) is 0 Å². The maximum absolute atomic E-state index is 5.34. The molecule has 2 aromatic rings. The number of rotatable bonds is 5. The van der Waals surface area contributed by atoms with Crippen LogP contribution in [0, 0.1) is 0 Å². The maximum Gasteiger partial charge on any atom is 0.106 e. The molecule has 2 aromatic carbocycles. The minimum Gasteiger partial charge on any atom is -0.376 e. The minimum absolute atomic E-state index is 0.837. The highest BCUT2D eigenvalue weighted by Gasteiger charge is 1.98. The van der Waals surface area contributed by atoms with Gasteiger partial charge in [-0.3, -0.25) is 0 Å². The van der Waals surface area contributed by atoms with Gasteiger partial charge in [0.2, 0.25) is 0 Å². The Morgan fingerprint density at radius 3 is 2.17 bits per heavy atom. The molecule has 0 radical (unpaired) electrons. The van der Waals surface area contributed by atoms with Gasteiger partial charge in [0.15, 0.2) is 0 Å². The molecule has 0 aliphatic rings. The Labute approximate surface area is 114 Å². The molecule has 0 saturated heterocycles. The normalized spacial score (nSPS) is 10.0. The Morgan fingerprint density at radius 2 is 1.50 bits per heavy atom. The first-order chi connectivity index (χ1) is 8.86. The summed E-state index contributed by atoms with van der Waals surface area (Å²) < 4.78 is 0. The van der Waals surface area contributed by atoms with E-state index in [1.165, 1.54) is 5.56 Å². The van der Waals surface area contributed by atoms with Gasteiger partial charge >= 0.3 is 0 Å². The average Bonchev–Trinajstić information content (AvgIpc) is 2.45. The Morgan fingerprint density at radius 1 is 0.889 bits per heavy atom. The van der Waals surface area contributed by atoms with Crippen LogP contribution in [0.25, 0.3) is 0 Å². The van der Waals surface area contributed by atoms with E-state index < -0.39 is 0 Å². The minimum atomic E-state index is 0.837. The number of aryl methyl sites for hydroxylation is 1. The highest BCUT2D eigenvalue weighted by molar-refractivity contribution is 7.80. The van der Waals surface area contributed by atoms with E-state index in [4.69, 9.17) is 12.2 Å². The topological polar surface area (TPSA) is 12.0 Å². The Bertz CT molecular complexity index is 479. The van der Waals surface area contributed by atoms with Crippen molar-refractivity contribution in [1.82, 2.24) is 5.32 Å². The lowest BCUT2D eigenvalue weighted by atomic mass is 10.1. The fourth-order valence-corrected chi connectivity index (χ4v) is 2.07. The molecule has 0 atom stereocenters. The average molecular weight is 255 g/mol. The second kappa shape index (κ2) is 6.92. The zero-order chi connectivity index (χ0) is 12.6. The number of hydrogen-bond donors (Lipinski definition) is 1. The van der Waals surface area contributed by atoms with Crippen LogP contribution >= 0.6 is 12.2 Å². The van der Waals surface area contributed by atoms with Gasteiger partial charge in [0.1, 0.15) is 4.99 Å². The highest BCUT2D eigenvalue weighted by Crippen LogP contribution is 2.02. The van der Waals surface area contributed by atoms with Crippen molar-refractivity contribution in [3.63, 3.8) is 0 Å². The summed E-state index contributed by atoms with van der Waals surface area (Å²) in [5.41, 5.74) is 2.47. The summed E-state index contributed by atoms with van der Waals surface area (Å²) in [7, 11) is 0. The summed E-state index contributed by atoms with van der Waals surface area (Å²) in [6.07, 6.45) is 2.18. The largest absolute Gasteiger partial charge is 0.376 e. The van der Waals surface area contributed by atoms with E-state index in [0.717, 1.165) is 29.9 Å². The molecule has 0 spiro atoms. The Balaban J connectivity index is 1.72. The van der Waals surface area contributed by atoms with E-state index in [1.807, 2.05) is 36.4 Å². The molecule has 0 saturated carbocycles. The fraction of sp³-hybridized carbons (Fsp3) is 0.188. The van der Waals surface area contributed by atoms with Gasteiger partial charge in [-0.25, -0.2) is 0 Å². The lowest BCUT2D eigenvalue weighted by Crippen LogP contribution is -2.23. The molecule has 0 aliphatic carbocycles. The zero-order valence-corrected chi connectivity index (χ0v) is 11.1. The van der Waals surface area contributed by atoms with Crippen molar-refractivity contribution in [1.29, 1.82) is 0 Å². The molecule has 0 aromatic heterocycles. The van der Waals surface area contributed by atoms with Crippen LogP contribution < -0.4 is 5.32 Å². The molecular weight excluding hydrogens is 238 g/mol. The van der Waals surface area contributed by atoms with Crippen LogP contribution in [0.4, 0.5) is 0 Å². The van der Waals surface area contributed by atoms with E-state index in [0.29, 0.717) is 0 Å². The summed E-state index contributed by atoms with van der Waals surface area (Å²) in [5, 5.41) is 3.30. The fourth-order valence-electron chi connectivity index (χ4n) is 1.83. The maximum atomic E-state index is 5.34. The van der Waals surface area contributed by atoms with Gasteiger partial charge in [-0.2, -0.15) is 0 Å². The third-order valence-electron chi connectivity index (χ3n) is 2.81. The molecule has 1 nitrogen and oxygen atoms in total. The Hall–Kier alpha value is -1.67. The van der Waals surface area contributed by atoms with Crippen LogP contribution in [-0.4, -0.2) is 11.5 Å². The molecule has 2 heteroatoms. The van der Waals surface area contributed by atoms with Crippen LogP contribution in [0.3, 0.4) is 0 Å². The van der Waals surface area contributed by atoms with Crippen molar-refractivity contribution in [3.8, 4) is 0 Å². The van der Waals surface area contributed by atoms with Crippen LogP contribution in [0.2, 0.25) is 0 Å². The number of benzene rings is 2. The molecule has 0 amide bonds. The third kappa shape index (κ3) is 3.97. The van der Waals surface area contributed by atoms with Crippen LogP contribution in [0.5, 0.6) is 0 Å². The van der Waals surface area contributed by atoms with Gasteiger partial charge in [-0.1, -0.05) is 72.9 Å². The van der Waals surface area contributed by atoms with E-state index in [2.05, 4.69) is 29.6 Å². The van der Waals surface area contributed by atoms with Gasteiger partial charge in [0, 0.05) is 12.1 Å². The third-order valence-corrected chi connectivity index (χ3v) is 3.19. The van der Waals surface area contributed by atoms with Crippen molar-refractivity contribution in [3.05, 3.63) is 71.8 Å². The van der Waals surface area contributed by atoms with Gasteiger partial charge in [-0.05, 0) is 18.4 Å². The monoisotopic (exact) mass is 255 g/mol. The van der Waals surface area contributed by atoms with Gasteiger partial charge in [0.25, 0.3) is 0 Å². The molecule has 1 N–H and O–H groups in total. The summed E-state index contributed by atoms with van der Waals surface area (Å²) in [4.78, 5) is 0.837. The van der Waals surface area contributed by atoms with E-state index >= 15 is 0 Å². The second-order valence-corrected chi connectivity index (χ2v) is 4.62. The van der Waals surface area contributed by atoms with Gasteiger partial charge in [-0.15, -0.1) is 0 Å². The summed E-state index contributed by atoms with van der Waals surface area (Å²) in [5.74, 6) is 0. The van der Waals surface area contributed by atoms with E-state index in [1.54, 1.807) is 0 Å². The van der Waals surface area contributed by atoms with Crippen molar-refractivity contribution >= 4 is 17.2 Å². The first-order valence-corrected chi connectivity index (χ1v) is 6.64. The summed E-state index contributed by atoms with van der Waals surface area (Å²) >= 11 is 5.34. The van der Waals surface area contributed by atoms with Gasteiger partial charge < -0.3 is 5.32 Å². The predicted octanol–water partition coefficient (Wildman–Crippen LogP) is 3.58. The second-order valence-electron chi connectivity index (χ2n) is 4.21. The molecule has 0 fully saturated rings. The van der Waals surface area contributed by atoms with Crippen molar-refractivity contribution < 1.29 is 0 Å². The van der Waals surface area contributed by atoms with Gasteiger partial charge in [0.05, 0.1) is 0 Å². The molecule has 18 heavy (non-hydrogen) atoms. The lowest BCUT2D eigenvalue weighted by Gasteiger charge is -2.07. The van der Waals surface area contributed by atoms with Crippen LogP contribution in [0.15, 0.2) is 60.7 Å². The molecule has 2 rings (SSSR count). The first kappa shape index (κ1) is 12.8. The van der Waals surface area contributed by atoms with Crippen LogP contribution in [-0.2, 0) is 6.42 Å².